The molecule has 24 heavy (non-hydrogen) atoms. The van der Waals surface area contributed by atoms with Gasteiger partial charge in [-0.1, -0.05) is 48.0 Å². The lowest BCUT2D eigenvalue weighted by Gasteiger charge is -2.37. The van der Waals surface area contributed by atoms with Crippen LogP contribution in [-0.4, -0.2) is 23.2 Å². The lowest BCUT2D eigenvalue weighted by Crippen LogP contribution is -2.49. The highest BCUT2D eigenvalue weighted by Crippen LogP contribution is 2.30. The quantitative estimate of drug-likeness (QED) is 0.583. The van der Waals surface area contributed by atoms with Crippen LogP contribution in [-0.2, 0) is 6.54 Å². The van der Waals surface area contributed by atoms with Gasteiger partial charge in [-0.25, -0.2) is 4.99 Å². The molecule has 1 fully saturated rings. The molecule has 0 aromatic heterocycles. The SMILES string of the molecule is Cc1ccc(CN=C(NCC2(O)CCC2)Nc2ccccc2)cc1. The fraction of sp³-hybridized carbons (Fsp3) is 0.350. The van der Waals surface area contributed by atoms with Crippen LogP contribution in [0.3, 0.4) is 0 Å². The van der Waals surface area contributed by atoms with Crippen LogP contribution < -0.4 is 10.6 Å². The van der Waals surface area contributed by atoms with Crippen molar-refractivity contribution in [2.24, 2.45) is 4.99 Å². The van der Waals surface area contributed by atoms with E-state index in [9.17, 15) is 5.11 Å². The average molecular weight is 323 g/mol. The van der Waals surface area contributed by atoms with Gasteiger partial charge in [0.05, 0.1) is 12.1 Å². The summed E-state index contributed by atoms with van der Waals surface area (Å²) in [6, 6.07) is 18.3. The smallest absolute Gasteiger partial charge is 0.196 e. The van der Waals surface area contributed by atoms with Gasteiger partial charge in [0.2, 0.25) is 0 Å². The first kappa shape index (κ1) is 16.5. The van der Waals surface area contributed by atoms with Crippen LogP contribution in [0.15, 0.2) is 59.6 Å². The Morgan fingerprint density at radius 3 is 2.42 bits per heavy atom. The molecule has 3 rings (SSSR count). The van der Waals surface area contributed by atoms with Gasteiger partial charge in [0.1, 0.15) is 0 Å². The van der Waals surface area contributed by atoms with Crippen LogP contribution in [0, 0.1) is 6.92 Å². The van der Waals surface area contributed by atoms with Crippen LogP contribution >= 0.6 is 0 Å². The van der Waals surface area contributed by atoms with Crippen molar-refractivity contribution in [2.45, 2.75) is 38.3 Å². The maximum Gasteiger partial charge on any atom is 0.196 e. The number of guanidine groups is 1. The summed E-state index contributed by atoms with van der Waals surface area (Å²) in [4.78, 5) is 4.66. The van der Waals surface area contributed by atoms with Crippen LogP contribution in [0.5, 0.6) is 0 Å². The maximum atomic E-state index is 10.3. The molecule has 0 aliphatic heterocycles. The van der Waals surface area contributed by atoms with Crippen molar-refractivity contribution in [3.05, 3.63) is 65.7 Å². The molecule has 126 valence electrons. The Labute approximate surface area is 143 Å². The molecule has 0 radical (unpaired) electrons. The Hall–Kier alpha value is -2.33. The second kappa shape index (κ2) is 7.49. The van der Waals surface area contributed by atoms with E-state index >= 15 is 0 Å². The highest BCUT2D eigenvalue weighted by Gasteiger charge is 2.34. The number of nitrogens with one attached hydrogen (secondary N) is 2. The minimum absolute atomic E-state index is 0.527. The maximum absolute atomic E-state index is 10.3. The zero-order valence-electron chi connectivity index (χ0n) is 14.1. The van der Waals surface area contributed by atoms with Crippen molar-refractivity contribution in [3.63, 3.8) is 0 Å². The molecule has 0 heterocycles. The Morgan fingerprint density at radius 2 is 1.79 bits per heavy atom. The second-order valence-corrected chi connectivity index (χ2v) is 6.57. The minimum atomic E-state index is -0.580. The number of aryl methyl sites for hydroxylation is 1. The van der Waals surface area contributed by atoms with Crippen LogP contribution in [0.25, 0.3) is 0 Å². The minimum Gasteiger partial charge on any atom is -0.388 e. The molecular formula is C20H25N3O. The zero-order chi connectivity index (χ0) is 16.8. The van der Waals surface area contributed by atoms with Crippen molar-refractivity contribution in [2.75, 3.05) is 11.9 Å². The van der Waals surface area contributed by atoms with Gasteiger partial charge >= 0.3 is 0 Å². The van der Waals surface area contributed by atoms with Crippen LogP contribution in [0.1, 0.15) is 30.4 Å². The Morgan fingerprint density at radius 1 is 1.08 bits per heavy atom. The number of nitrogens with zero attached hydrogens (tertiary/aromatic N) is 1. The lowest BCUT2D eigenvalue weighted by molar-refractivity contribution is -0.0277. The molecule has 3 N–H and O–H groups in total. The van der Waals surface area contributed by atoms with Gasteiger partial charge < -0.3 is 15.7 Å². The first-order valence-corrected chi connectivity index (χ1v) is 8.51. The van der Waals surface area contributed by atoms with Crippen LogP contribution in [0.2, 0.25) is 0 Å². The van der Waals surface area contributed by atoms with Crippen molar-refractivity contribution in [3.8, 4) is 0 Å². The number of anilines is 1. The summed E-state index contributed by atoms with van der Waals surface area (Å²) in [7, 11) is 0. The first-order valence-electron chi connectivity index (χ1n) is 8.51. The number of aliphatic hydroxyl groups is 1. The van der Waals surface area contributed by atoms with E-state index in [2.05, 4.69) is 46.8 Å². The number of para-hydroxylation sites is 1. The number of rotatable bonds is 5. The third-order valence-corrected chi connectivity index (χ3v) is 4.45. The standard InChI is InChI=1S/C20H25N3O/c1-16-8-10-17(11-9-16)14-21-19(22-15-20(24)12-5-13-20)23-18-6-3-2-4-7-18/h2-4,6-11,24H,5,12-15H2,1H3,(H2,21,22,23). The Kier molecular flexibility index (Phi) is 5.16. The van der Waals surface area contributed by atoms with Crippen molar-refractivity contribution in [1.82, 2.24) is 5.32 Å². The molecule has 1 aliphatic carbocycles. The van der Waals surface area contributed by atoms with Gasteiger partial charge in [0.25, 0.3) is 0 Å². The van der Waals surface area contributed by atoms with Crippen LogP contribution in [0.4, 0.5) is 5.69 Å². The topological polar surface area (TPSA) is 56.7 Å². The van der Waals surface area contributed by atoms with Gasteiger partial charge in [0, 0.05) is 12.2 Å². The Bertz CT molecular complexity index is 676. The molecule has 4 heteroatoms. The molecule has 2 aromatic rings. The molecule has 2 aromatic carbocycles. The van der Waals surface area contributed by atoms with E-state index in [0.29, 0.717) is 19.0 Å². The molecule has 1 saturated carbocycles. The summed E-state index contributed by atoms with van der Waals surface area (Å²) in [5.74, 6) is 0.696. The zero-order valence-corrected chi connectivity index (χ0v) is 14.1. The predicted octanol–water partition coefficient (Wildman–Crippen LogP) is 3.47. The van der Waals surface area contributed by atoms with E-state index in [1.54, 1.807) is 0 Å². The number of hydrogen-bond acceptors (Lipinski definition) is 2. The summed E-state index contributed by atoms with van der Waals surface area (Å²) in [5.41, 5.74) is 2.81. The molecule has 0 amide bonds. The molecule has 4 nitrogen and oxygen atoms in total. The molecule has 0 bridgehead atoms. The number of aliphatic imine (C=N–C) groups is 1. The number of benzene rings is 2. The van der Waals surface area contributed by atoms with E-state index < -0.39 is 5.60 Å². The molecule has 0 saturated heterocycles. The van der Waals surface area contributed by atoms with E-state index in [0.717, 1.165) is 30.5 Å². The van der Waals surface area contributed by atoms with Crippen molar-refractivity contribution < 1.29 is 5.11 Å². The molecular weight excluding hydrogens is 298 g/mol. The van der Waals surface area contributed by atoms with Gasteiger partial charge in [0.15, 0.2) is 5.96 Å². The van der Waals surface area contributed by atoms with E-state index in [4.69, 9.17) is 0 Å². The fourth-order valence-electron chi connectivity index (χ4n) is 2.67. The third-order valence-electron chi connectivity index (χ3n) is 4.45. The average Bonchev–Trinajstić information content (AvgIpc) is 2.58. The van der Waals surface area contributed by atoms with Gasteiger partial charge in [-0.15, -0.1) is 0 Å². The largest absolute Gasteiger partial charge is 0.388 e. The summed E-state index contributed by atoms with van der Waals surface area (Å²) >= 11 is 0. The summed E-state index contributed by atoms with van der Waals surface area (Å²) in [5, 5.41) is 16.9. The molecule has 0 spiro atoms. The fourth-order valence-corrected chi connectivity index (χ4v) is 2.67. The summed E-state index contributed by atoms with van der Waals surface area (Å²) < 4.78 is 0. The number of hydrogen-bond donors (Lipinski definition) is 3. The monoisotopic (exact) mass is 323 g/mol. The second-order valence-electron chi connectivity index (χ2n) is 6.57. The first-order chi connectivity index (χ1) is 11.6. The normalized spacial score (nSPS) is 16.3. The molecule has 0 atom stereocenters. The van der Waals surface area contributed by atoms with Crippen molar-refractivity contribution >= 4 is 11.6 Å². The predicted molar refractivity (Wildman–Crippen MR) is 99.2 cm³/mol. The van der Waals surface area contributed by atoms with Gasteiger partial charge in [-0.2, -0.15) is 0 Å². The van der Waals surface area contributed by atoms with Crippen molar-refractivity contribution in [1.29, 1.82) is 0 Å². The lowest BCUT2D eigenvalue weighted by atomic mass is 9.80. The summed E-state index contributed by atoms with van der Waals surface area (Å²) in [6.45, 7) is 3.21. The van der Waals surface area contributed by atoms with E-state index in [1.165, 1.54) is 5.56 Å². The highest BCUT2D eigenvalue weighted by molar-refractivity contribution is 5.93. The molecule has 0 unspecified atom stereocenters. The Balaban J connectivity index is 1.67. The molecule has 1 aliphatic rings. The highest BCUT2D eigenvalue weighted by atomic mass is 16.3. The summed E-state index contributed by atoms with van der Waals surface area (Å²) in [6.07, 6.45) is 2.81. The third kappa shape index (κ3) is 4.59. The van der Waals surface area contributed by atoms with E-state index in [1.807, 2.05) is 30.3 Å². The van der Waals surface area contributed by atoms with E-state index in [-0.39, 0.29) is 0 Å². The van der Waals surface area contributed by atoms with Gasteiger partial charge in [-0.05, 0) is 43.9 Å². The van der Waals surface area contributed by atoms with Gasteiger partial charge in [-0.3, -0.25) is 0 Å².